The van der Waals surface area contributed by atoms with Crippen LogP contribution in [-0.4, -0.2) is 41.0 Å². The molecule has 0 aromatic carbocycles. The number of phosphoric ester groups is 1. The lowest BCUT2D eigenvalue weighted by atomic mass is 10.1. The zero-order valence-electron chi connectivity index (χ0n) is 32.0. The summed E-state index contributed by atoms with van der Waals surface area (Å²) in [7, 11) is -4.75. The summed E-state index contributed by atoms with van der Waals surface area (Å²) in [6, 6.07) is 0. The molecule has 0 aliphatic heterocycles. The summed E-state index contributed by atoms with van der Waals surface area (Å²) in [4.78, 5) is 42.8. The van der Waals surface area contributed by atoms with Crippen LogP contribution in [0.25, 0.3) is 0 Å². The highest BCUT2D eigenvalue weighted by Gasteiger charge is 2.22. The molecule has 50 heavy (non-hydrogen) atoms. The normalized spacial score (nSPS) is 12.8. The van der Waals surface area contributed by atoms with E-state index in [1.54, 1.807) is 0 Å². The van der Waals surface area contributed by atoms with Gasteiger partial charge >= 0.3 is 19.8 Å². The first kappa shape index (κ1) is 48.3. The largest absolute Gasteiger partial charge is 0.469 e. The van der Waals surface area contributed by atoms with Gasteiger partial charge in [0.05, 0.1) is 6.61 Å². The zero-order chi connectivity index (χ0) is 36.8. The monoisotopic (exact) mass is 727 g/mol. The van der Waals surface area contributed by atoms with E-state index in [4.69, 9.17) is 19.3 Å². The fourth-order valence-electron chi connectivity index (χ4n) is 5.57. The second-order valence-corrected chi connectivity index (χ2v) is 14.8. The van der Waals surface area contributed by atoms with Gasteiger partial charge < -0.3 is 19.3 Å². The van der Waals surface area contributed by atoms with E-state index >= 15 is 0 Å². The molecular weight excluding hydrogens is 651 g/mol. The lowest BCUT2D eigenvalue weighted by Gasteiger charge is -2.18. The van der Waals surface area contributed by atoms with E-state index in [-0.39, 0.29) is 19.4 Å². The Balaban J connectivity index is 3.92. The minimum absolute atomic E-state index is 0.201. The first-order valence-electron chi connectivity index (χ1n) is 20.3. The second kappa shape index (κ2) is 37.0. The molecule has 8 nitrogen and oxygen atoms in total. The van der Waals surface area contributed by atoms with Gasteiger partial charge in [-0.3, -0.25) is 14.1 Å². The van der Waals surface area contributed by atoms with E-state index in [0.29, 0.717) is 6.42 Å². The van der Waals surface area contributed by atoms with Gasteiger partial charge in [-0.15, -0.1) is 0 Å². The van der Waals surface area contributed by atoms with Crippen LogP contribution in [0.15, 0.2) is 36.5 Å². The summed E-state index contributed by atoms with van der Waals surface area (Å²) in [6.45, 7) is 3.63. The summed E-state index contributed by atoms with van der Waals surface area (Å²) in [5, 5.41) is 0. The van der Waals surface area contributed by atoms with E-state index < -0.39 is 32.5 Å². The molecule has 9 heteroatoms. The number of allylic oxidation sites excluding steroid dienone is 6. The van der Waals surface area contributed by atoms with Crippen molar-refractivity contribution in [1.29, 1.82) is 0 Å². The Labute approximate surface area is 306 Å². The highest BCUT2D eigenvalue weighted by Crippen LogP contribution is 2.36. The van der Waals surface area contributed by atoms with Crippen LogP contribution in [0.4, 0.5) is 0 Å². The summed E-state index contributed by atoms with van der Waals surface area (Å²) in [5.74, 6) is -0.898. The number of hydrogen-bond donors (Lipinski definition) is 2. The number of phosphoric acid groups is 1. The SMILES string of the molecule is CCCCC/C=C\C/C=C\CCCCCCCCCCCC(=O)OC[C@H](COP(=O)(O)O)OC(=O)CCCCCCC/C=C\CCCCCC. The molecule has 0 amide bonds. The molecule has 0 saturated heterocycles. The minimum atomic E-state index is -4.75. The highest BCUT2D eigenvalue weighted by atomic mass is 31.2. The molecule has 0 heterocycles. The van der Waals surface area contributed by atoms with Gasteiger partial charge in [0.25, 0.3) is 0 Å². The van der Waals surface area contributed by atoms with Gasteiger partial charge in [0.15, 0.2) is 6.10 Å². The summed E-state index contributed by atoms with van der Waals surface area (Å²) >= 11 is 0. The molecule has 0 aromatic heterocycles. The predicted octanol–water partition coefficient (Wildman–Crippen LogP) is 12.2. The van der Waals surface area contributed by atoms with E-state index in [1.165, 1.54) is 89.9 Å². The maximum absolute atomic E-state index is 12.4. The molecule has 0 saturated carbocycles. The standard InChI is InChI=1S/C41H75O8P/c1-3-5-7-9-11-13-15-17-18-19-20-21-22-24-25-27-29-31-33-35-40(42)47-37-39(38-48-50(44,45)46)49-41(43)36-34-32-30-28-26-23-16-14-12-10-8-6-4-2/h11,13-14,16-18,39H,3-10,12,15,19-38H2,1-2H3,(H2,44,45,46)/b13-11-,16-14-,18-17-/t39-/m1/s1. The van der Waals surface area contributed by atoms with Crippen LogP contribution >= 0.6 is 7.82 Å². The number of unbranched alkanes of at least 4 members (excludes halogenated alkanes) is 21. The molecule has 0 aliphatic carbocycles. The smallest absolute Gasteiger partial charge is 0.462 e. The van der Waals surface area contributed by atoms with Crippen molar-refractivity contribution < 1.29 is 37.9 Å². The molecule has 292 valence electrons. The van der Waals surface area contributed by atoms with Gasteiger partial charge in [-0.2, -0.15) is 0 Å². The van der Waals surface area contributed by atoms with Crippen LogP contribution < -0.4 is 0 Å². The number of carbonyl (C=O) groups is 2. The van der Waals surface area contributed by atoms with Crippen molar-refractivity contribution in [3.8, 4) is 0 Å². The average Bonchev–Trinajstić information content (AvgIpc) is 3.08. The maximum atomic E-state index is 12.4. The third-order valence-electron chi connectivity index (χ3n) is 8.63. The van der Waals surface area contributed by atoms with Crippen molar-refractivity contribution in [2.24, 2.45) is 0 Å². The Morgan fingerprint density at radius 2 is 0.900 bits per heavy atom. The lowest BCUT2D eigenvalue weighted by molar-refractivity contribution is -0.161. The zero-order valence-corrected chi connectivity index (χ0v) is 32.9. The third kappa shape index (κ3) is 39.1. The molecule has 0 aromatic rings. The fraction of sp³-hybridized carbons (Fsp3) is 0.805. The van der Waals surface area contributed by atoms with Crippen LogP contribution in [-0.2, 0) is 28.2 Å². The Kier molecular flexibility index (Phi) is 35.8. The first-order chi connectivity index (χ1) is 24.3. The Morgan fingerprint density at radius 1 is 0.520 bits per heavy atom. The van der Waals surface area contributed by atoms with Crippen LogP contribution in [0.5, 0.6) is 0 Å². The number of ether oxygens (including phenoxy) is 2. The van der Waals surface area contributed by atoms with Crippen molar-refractivity contribution >= 4 is 19.8 Å². The van der Waals surface area contributed by atoms with Gasteiger partial charge in [0.2, 0.25) is 0 Å². The summed E-state index contributed by atoms with van der Waals surface area (Å²) in [6.07, 6.45) is 42.9. The van der Waals surface area contributed by atoms with Crippen LogP contribution in [0, 0.1) is 0 Å². The van der Waals surface area contributed by atoms with Gasteiger partial charge in [-0.1, -0.05) is 147 Å². The Hall–Kier alpha value is -1.73. The number of rotatable bonds is 37. The van der Waals surface area contributed by atoms with E-state index in [2.05, 4.69) is 54.8 Å². The van der Waals surface area contributed by atoms with Crippen LogP contribution in [0.3, 0.4) is 0 Å². The molecule has 0 bridgehead atoms. The Bertz CT molecular complexity index is 910. The summed E-state index contributed by atoms with van der Waals surface area (Å²) < 4.78 is 26.3. The number of hydrogen-bond acceptors (Lipinski definition) is 6. The maximum Gasteiger partial charge on any atom is 0.469 e. The molecule has 2 N–H and O–H groups in total. The van der Waals surface area contributed by atoms with Gasteiger partial charge in [0.1, 0.15) is 6.61 Å². The molecular formula is C41H75O8P. The average molecular weight is 727 g/mol. The molecule has 0 spiro atoms. The van der Waals surface area contributed by atoms with E-state index in [1.807, 2.05) is 0 Å². The molecule has 0 aliphatic rings. The fourth-order valence-corrected chi connectivity index (χ4v) is 5.93. The van der Waals surface area contributed by atoms with Crippen molar-refractivity contribution in [2.45, 2.75) is 200 Å². The van der Waals surface area contributed by atoms with E-state index in [9.17, 15) is 14.2 Å². The quantitative estimate of drug-likeness (QED) is 0.0281. The number of esters is 2. The second-order valence-electron chi connectivity index (χ2n) is 13.6. The topological polar surface area (TPSA) is 119 Å². The molecule has 0 rings (SSSR count). The molecule has 0 unspecified atom stereocenters. The number of carbonyl (C=O) groups excluding carboxylic acids is 2. The van der Waals surface area contributed by atoms with E-state index in [0.717, 1.165) is 70.6 Å². The van der Waals surface area contributed by atoms with Crippen LogP contribution in [0.1, 0.15) is 194 Å². The highest BCUT2D eigenvalue weighted by molar-refractivity contribution is 7.46. The molecule has 0 fully saturated rings. The molecule has 0 radical (unpaired) electrons. The van der Waals surface area contributed by atoms with Crippen molar-refractivity contribution in [2.75, 3.05) is 13.2 Å². The van der Waals surface area contributed by atoms with Crippen molar-refractivity contribution in [3.05, 3.63) is 36.5 Å². The van der Waals surface area contributed by atoms with Crippen molar-refractivity contribution in [1.82, 2.24) is 0 Å². The van der Waals surface area contributed by atoms with Crippen molar-refractivity contribution in [3.63, 3.8) is 0 Å². The predicted molar refractivity (Wildman–Crippen MR) is 207 cm³/mol. The first-order valence-corrected chi connectivity index (χ1v) is 21.8. The Morgan fingerprint density at radius 3 is 1.38 bits per heavy atom. The lowest BCUT2D eigenvalue weighted by Crippen LogP contribution is -2.29. The molecule has 1 atom stereocenters. The minimum Gasteiger partial charge on any atom is -0.462 e. The van der Waals surface area contributed by atoms with Gasteiger partial charge in [-0.05, 0) is 70.6 Å². The third-order valence-corrected chi connectivity index (χ3v) is 9.12. The van der Waals surface area contributed by atoms with Crippen LogP contribution in [0.2, 0.25) is 0 Å². The van der Waals surface area contributed by atoms with Gasteiger partial charge in [0, 0.05) is 12.8 Å². The van der Waals surface area contributed by atoms with Gasteiger partial charge in [-0.25, -0.2) is 4.57 Å². The summed E-state index contributed by atoms with van der Waals surface area (Å²) in [5.41, 5.74) is 0.